The summed E-state index contributed by atoms with van der Waals surface area (Å²) in [7, 11) is -3.44. The van der Waals surface area contributed by atoms with Crippen molar-refractivity contribution in [3.05, 3.63) is 54.2 Å². The fraction of sp³-hybridized carbons (Fsp3) is 0.381. The molecular formula is C21H24N4O3S. The van der Waals surface area contributed by atoms with Crippen molar-refractivity contribution in [2.45, 2.75) is 24.2 Å². The van der Waals surface area contributed by atoms with E-state index in [0.29, 0.717) is 23.8 Å². The number of benzene rings is 1. The minimum absolute atomic E-state index is 0.0461. The number of nitrogens with zero attached hydrogens (tertiary/aromatic N) is 3. The molecule has 7 nitrogen and oxygen atoms in total. The van der Waals surface area contributed by atoms with E-state index in [9.17, 15) is 18.5 Å². The molecule has 1 fully saturated rings. The normalized spacial score (nSPS) is 14.9. The van der Waals surface area contributed by atoms with Gasteiger partial charge in [0.2, 0.25) is 5.91 Å². The summed E-state index contributed by atoms with van der Waals surface area (Å²) in [6, 6.07) is 13.9. The van der Waals surface area contributed by atoms with Crippen LogP contribution < -0.4 is 10.2 Å². The number of piperidine rings is 1. The van der Waals surface area contributed by atoms with Crippen LogP contribution in [0, 0.1) is 17.2 Å². The number of pyridine rings is 1. The van der Waals surface area contributed by atoms with E-state index in [4.69, 9.17) is 0 Å². The molecule has 0 unspecified atom stereocenters. The number of sulfone groups is 1. The maximum absolute atomic E-state index is 12.3. The van der Waals surface area contributed by atoms with E-state index in [1.165, 1.54) is 0 Å². The molecule has 0 radical (unpaired) electrons. The third-order valence-corrected chi connectivity index (χ3v) is 6.84. The highest BCUT2D eigenvalue weighted by atomic mass is 32.2. The zero-order valence-corrected chi connectivity index (χ0v) is 16.9. The standard InChI is InChI=1S/C21H24N4O3S/c22-15-18-5-4-11-23-21(18)25-12-8-17(9-13-25)16-24-20(26)10-14-29(27,28)19-6-2-1-3-7-19/h1-7,11,17H,8-10,12-14,16H2,(H,24,26). The average molecular weight is 413 g/mol. The SMILES string of the molecule is N#Cc1cccnc1N1CCC(CNC(=O)CCS(=O)(=O)c2ccccc2)CC1. The van der Waals surface area contributed by atoms with Gasteiger partial charge in [-0.05, 0) is 43.0 Å². The summed E-state index contributed by atoms with van der Waals surface area (Å²) in [5.74, 6) is 0.597. The van der Waals surface area contributed by atoms with E-state index in [2.05, 4.69) is 21.3 Å². The molecule has 1 aliphatic heterocycles. The number of amides is 1. The third kappa shape index (κ3) is 5.55. The Bertz CT molecular complexity index is 978. The lowest BCUT2D eigenvalue weighted by atomic mass is 9.96. The smallest absolute Gasteiger partial charge is 0.221 e. The highest BCUT2D eigenvalue weighted by molar-refractivity contribution is 7.91. The number of nitriles is 1. The molecule has 8 heteroatoms. The van der Waals surface area contributed by atoms with Crippen LogP contribution in [0.15, 0.2) is 53.6 Å². The van der Waals surface area contributed by atoms with Crippen molar-refractivity contribution in [3.63, 3.8) is 0 Å². The lowest BCUT2D eigenvalue weighted by Gasteiger charge is -2.33. The van der Waals surface area contributed by atoms with E-state index in [-0.39, 0.29) is 23.0 Å². The van der Waals surface area contributed by atoms with Crippen LogP contribution in [-0.2, 0) is 14.6 Å². The van der Waals surface area contributed by atoms with Crippen molar-refractivity contribution in [2.24, 2.45) is 5.92 Å². The summed E-state index contributed by atoms with van der Waals surface area (Å²) in [6.07, 6.45) is 3.40. The molecule has 1 aromatic heterocycles. The first kappa shape index (κ1) is 20.8. The van der Waals surface area contributed by atoms with Crippen LogP contribution in [0.4, 0.5) is 5.82 Å². The van der Waals surface area contributed by atoms with Crippen LogP contribution in [0.25, 0.3) is 0 Å². The minimum Gasteiger partial charge on any atom is -0.356 e. The van der Waals surface area contributed by atoms with Crippen LogP contribution in [0.2, 0.25) is 0 Å². The van der Waals surface area contributed by atoms with E-state index in [0.717, 1.165) is 25.9 Å². The fourth-order valence-corrected chi connectivity index (χ4v) is 4.67. The largest absolute Gasteiger partial charge is 0.356 e. The first-order valence-corrected chi connectivity index (χ1v) is 11.3. The Hall–Kier alpha value is -2.92. The number of aromatic nitrogens is 1. The van der Waals surface area contributed by atoms with Crippen molar-refractivity contribution in [3.8, 4) is 6.07 Å². The molecule has 2 aromatic rings. The molecule has 0 bridgehead atoms. The van der Waals surface area contributed by atoms with Gasteiger partial charge in [0, 0.05) is 32.3 Å². The Morgan fingerprint density at radius 3 is 2.59 bits per heavy atom. The van der Waals surface area contributed by atoms with Crippen molar-refractivity contribution in [2.75, 3.05) is 30.3 Å². The monoisotopic (exact) mass is 412 g/mol. The van der Waals surface area contributed by atoms with Crippen LogP contribution in [-0.4, -0.2) is 44.7 Å². The van der Waals surface area contributed by atoms with Crippen molar-refractivity contribution in [1.82, 2.24) is 10.3 Å². The molecule has 1 saturated heterocycles. The molecule has 0 aliphatic carbocycles. The van der Waals surface area contributed by atoms with Crippen LogP contribution in [0.5, 0.6) is 0 Å². The minimum atomic E-state index is -3.44. The van der Waals surface area contributed by atoms with Gasteiger partial charge >= 0.3 is 0 Å². The highest BCUT2D eigenvalue weighted by Gasteiger charge is 2.23. The Balaban J connectivity index is 1.42. The molecule has 0 spiro atoms. The molecule has 0 atom stereocenters. The lowest BCUT2D eigenvalue weighted by molar-refractivity contribution is -0.120. The fourth-order valence-electron chi connectivity index (χ4n) is 3.40. The first-order valence-electron chi connectivity index (χ1n) is 9.64. The number of rotatable bonds is 7. The Morgan fingerprint density at radius 2 is 1.90 bits per heavy atom. The quantitative estimate of drug-likeness (QED) is 0.747. The van der Waals surface area contributed by atoms with E-state index >= 15 is 0 Å². The molecule has 1 aromatic carbocycles. The van der Waals surface area contributed by atoms with Crippen molar-refractivity contribution >= 4 is 21.6 Å². The van der Waals surface area contributed by atoms with Gasteiger partial charge in [0.1, 0.15) is 11.9 Å². The van der Waals surface area contributed by atoms with Gasteiger partial charge in [-0.15, -0.1) is 0 Å². The summed E-state index contributed by atoms with van der Waals surface area (Å²) >= 11 is 0. The number of nitrogens with one attached hydrogen (secondary N) is 1. The van der Waals surface area contributed by atoms with Crippen LogP contribution in [0.1, 0.15) is 24.8 Å². The Morgan fingerprint density at radius 1 is 1.17 bits per heavy atom. The topological polar surface area (TPSA) is 103 Å². The maximum atomic E-state index is 12.3. The predicted molar refractivity (Wildman–Crippen MR) is 110 cm³/mol. The second-order valence-electron chi connectivity index (χ2n) is 7.10. The second-order valence-corrected chi connectivity index (χ2v) is 9.21. The summed E-state index contributed by atoms with van der Waals surface area (Å²) in [6.45, 7) is 2.08. The lowest BCUT2D eigenvalue weighted by Crippen LogP contribution is -2.39. The molecule has 1 N–H and O–H groups in total. The van der Waals surface area contributed by atoms with Gasteiger partial charge in [0.05, 0.1) is 16.2 Å². The van der Waals surface area contributed by atoms with Gasteiger partial charge in [0.25, 0.3) is 0 Å². The molecule has 1 amide bonds. The Kier molecular flexibility index (Phi) is 6.83. The molecular weight excluding hydrogens is 388 g/mol. The van der Waals surface area contributed by atoms with E-state index in [1.807, 2.05) is 0 Å². The average Bonchev–Trinajstić information content (AvgIpc) is 2.77. The predicted octanol–water partition coefficient (Wildman–Crippen LogP) is 2.15. The number of hydrogen-bond acceptors (Lipinski definition) is 6. The summed E-state index contributed by atoms with van der Waals surface area (Å²) in [5, 5.41) is 12.1. The third-order valence-electron chi connectivity index (χ3n) is 5.11. The van der Waals surface area contributed by atoms with E-state index < -0.39 is 9.84 Å². The van der Waals surface area contributed by atoms with E-state index in [1.54, 1.807) is 48.7 Å². The molecule has 152 valence electrons. The van der Waals surface area contributed by atoms with Crippen LogP contribution in [0.3, 0.4) is 0 Å². The molecule has 29 heavy (non-hydrogen) atoms. The second kappa shape index (κ2) is 9.52. The molecule has 2 heterocycles. The van der Waals surface area contributed by atoms with Gasteiger partial charge in [-0.1, -0.05) is 18.2 Å². The number of carbonyl (C=O) groups excluding carboxylic acids is 1. The number of hydrogen-bond donors (Lipinski definition) is 1. The van der Waals surface area contributed by atoms with Crippen molar-refractivity contribution in [1.29, 1.82) is 5.26 Å². The van der Waals surface area contributed by atoms with Gasteiger partial charge in [0.15, 0.2) is 9.84 Å². The van der Waals surface area contributed by atoms with Crippen LogP contribution >= 0.6 is 0 Å². The maximum Gasteiger partial charge on any atom is 0.221 e. The van der Waals surface area contributed by atoms with Crippen molar-refractivity contribution < 1.29 is 13.2 Å². The van der Waals surface area contributed by atoms with Gasteiger partial charge in [-0.2, -0.15) is 5.26 Å². The van der Waals surface area contributed by atoms with Gasteiger partial charge in [-0.3, -0.25) is 4.79 Å². The molecule has 3 rings (SSSR count). The first-order chi connectivity index (χ1) is 14.0. The van der Waals surface area contributed by atoms with Gasteiger partial charge in [-0.25, -0.2) is 13.4 Å². The summed E-state index contributed by atoms with van der Waals surface area (Å²) in [4.78, 5) is 18.8. The number of carbonyl (C=O) groups is 1. The van der Waals surface area contributed by atoms with Gasteiger partial charge < -0.3 is 10.2 Å². The molecule has 1 aliphatic rings. The zero-order valence-electron chi connectivity index (χ0n) is 16.1. The summed E-state index contributed by atoms with van der Waals surface area (Å²) in [5.41, 5.74) is 0.568. The highest BCUT2D eigenvalue weighted by Crippen LogP contribution is 2.23. The number of anilines is 1. The molecule has 0 saturated carbocycles. The zero-order chi connectivity index (χ0) is 20.7. The Labute approximate surface area is 171 Å². The summed E-state index contributed by atoms with van der Waals surface area (Å²) < 4.78 is 24.5.